The Kier molecular flexibility index (Phi) is 3.51. The SMILES string of the molecule is C[C@H]1CC[C@@]2(C)C(CC[C@@H]3[C@@H]2CC[C@@]2(C)[C@H]3CCC23OCCO3)C1. The fourth-order valence-corrected chi connectivity index (χ4v) is 8.36. The molecule has 0 amide bonds. The van der Waals surface area contributed by atoms with E-state index in [1.54, 1.807) is 0 Å². The zero-order valence-electron chi connectivity index (χ0n) is 16.0. The van der Waals surface area contributed by atoms with Crippen LogP contribution < -0.4 is 0 Å². The Morgan fingerprint density at radius 2 is 1.54 bits per heavy atom. The number of hydrogen-bond acceptors (Lipinski definition) is 2. The molecule has 1 unspecified atom stereocenters. The first-order valence-corrected chi connectivity index (χ1v) is 10.8. The Morgan fingerprint density at radius 3 is 2.33 bits per heavy atom. The quantitative estimate of drug-likeness (QED) is 0.590. The van der Waals surface area contributed by atoms with E-state index in [0.29, 0.717) is 5.41 Å². The van der Waals surface area contributed by atoms with E-state index < -0.39 is 0 Å². The van der Waals surface area contributed by atoms with Gasteiger partial charge in [-0.2, -0.15) is 0 Å². The summed E-state index contributed by atoms with van der Waals surface area (Å²) < 4.78 is 12.6. The molecular formula is C22H36O2. The highest BCUT2D eigenvalue weighted by atomic mass is 16.7. The Labute approximate surface area is 148 Å². The molecule has 0 N–H and O–H groups in total. The van der Waals surface area contributed by atoms with Gasteiger partial charge in [0.15, 0.2) is 5.79 Å². The van der Waals surface area contributed by atoms with E-state index in [4.69, 9.17) is 9.47 Å². The van der Waals surface area contributed by atoms with Crippen LogP contribution in [0.1, 0.15) is 78.6 Å². The zero-order chi connectivity index (χ0) is 16.6. The predicted octanol–water partition coefficient (Wildman–Crippen LogP) is 5.41. The molecule has 1 saturated heterocycles. The molecule has 5 rings (SSSR count). The Bertz CT molecular complexity index is 510. The number of rotatable bonds is 0. The first-order valence-electron chi connectivity index (χ1n) is 10.8. The van der Waals surface area contributed by atoms with Gasteiger partial charge in [-0.25, -0.2) is 0 Å². The second-order valence-corrected chi connectivity index (χ2v) is 10.5. The van der Waals surface area contributed by atoms with Gasteiger partial charge in [0, 0.05) is 11.8 Å². The van der Waals surface area contributed by atoms with Crippen molar-refractivity contribution in [3.8, 4) is 0 Å². The molecule has 0 radical (unpaired) electrons. The molecule has 0 bridgehead atoms. The van der Waals surface area contributed by atoms with Gasteiger partial charge in [0.25, 0.3) is 0 Å². The van der Waals surface area contributed by atoms with E-state index in [9.17, 15) is 0 Å². The predicted molar refractivity (Wildman–Crippen MR) is 95.5 cm³/mol. The van der Waals surface area contributed by atoms with Gasteiger partial charge in [-0.1, -0.05) is 27.2 Å². The van der Waals surface area contributed by atoms with Crippen LogP contribution in [0.4, 0.5) is 0 Å². The largest absolute Gasteiger partial charge is 0.347 e. The van der Waals surface area contributed by atoms with Crippen LogP contribution in [0.5, 0.6) is 0 Å². The van der Waals surface area contributed by atoms with E-state index >= 15 is 0 Å². The van der Waals surface area contributed by atoms with Crippen molar-refractivity contribution in [1.29, 1.82) is 0 Å². The van der Waals surface area contributed by atoms with Gasteiger partial charge in [-0.15, -0.1) is 0 Å². The molecule has 24 heavy (non-hydrogen) atoms. The van der Waals surface area contributed by atoms with Crippen LogP contribution in [0.3, 0.4) is 0 Å². The number of fused-ring (bicyclic) bond motifs is 6. The summed E-state index contributed by atoms with van der Waals surface area (Å²) in [7, 11) is 0. The van der Waals surface area contributed by atoms with Crippen molar-refractivity contribution in [3.63, 3.8) is 0 Å². The van der Waals surface area contributed by atoms with Crippen LogP contribution in [0.25, 0.3) is 0 Å². The third kappa shape index (κ3) is 1.91. The summed E-state index contributed by atoms with van der Waals surface area (Å²) in [5.41, 5.74) is 0.903. The van der Waals surface area contributed by atoms with E-state index in [1.807, 2.05) is 0 Å². The van der Waals surface area contributed by atoms with Crippen LogP contribution >= 0.6 is 0 Å². The van der Waals surface area contributed by atoms with Gasteiger partial charge >= 0.3 is 0 Å². The highest BCUT2D eigenvalue weighted by molar-refractivity contribution is 5.12. The molecule has 5 fully saturated rings. The van der Waals surface area contributed by atoms with Crippen LogP contribution in [0.15, 0.2) is 0 Å². The fourth-order valence-electron chi connectivity index (χ4n) is 8.36. The van der Waals surface area contributed by atoms with Crippen LogP contribution in [0, 0.1) is 40.4 Å². The van der Waals surface area contributed by atoms with Crippen molar-refractivity contribution in [2.75, 3.05) is 13.2 Å². The van der Waals surface area contributed by atoms with Gasteiger partial charge in [0.2, 0.25) is 0 Å². The summed E-state index contributed by atoms with van der Waals surface area (Å²) in [5, 5.41) is 0. The third-order valence-corrected chi connectivity index (χ3v) is 9.73. The molecule has 0 aromatic heterocycles. The minimum Gasteiger partial charge on any atom is -0.347 e. The first-order chi connectivity index (χ1) is 11.5. The van der Waals surface area contributed by atoms with Crippen LogP contribution in [-0.2, 0) is 9.47 Å². The summed E-state index contributed by atoms with van der Waals surface area (Å²) in [6.45, 7) is 9.31. The molecule has 4 aliphatic carbocycles. The molecule has 1 spiro atoms. The molecule has 0 aromatic carbocycles. The summed E-state index contributed by atoms with van der Waals surface area (Å²) in [6.07, 6.45) is 12.7. The Hall–Kier alpha value is -0.0800. The summed E-state index contributed by atoms with van der Waals surface area (Å²) in [4.78, 5) is 0. The maximum Gasteiger partial charge on any atom is 0.174 e. The van der Waals surface area contributed by atoms with Crippen molar-refractivity contribution in [2.45, 2.75) is 84.3 Å². The van der Waals surface area contributed by atoms with Crippen molar-refractivity contribution < 1.29 is 9.47 Å². The average Bonchev–Trinajstić information content (AvgIpc) is 3.15. The monoisotopic (exact) mass is 332 g/mol. The Balaban J connectivity index is 1.45. The van der Waals surface area contributed by atoms with E-state index in [-0.39, 0.29) is 11.2 Å². The van der Waals surface area contributed by atoms with Crippen LogP contribution in [0.2, 0.25) is 0 Å². The second-order valence-electron chi connectivity index (χ2n) is 10.5. The maximum atomic E-state index is 6.28. The molecule has 4 saturated carbocycles. The third-order valence-electron chi connectivity index (χ3n) is 9.73. The second kappa shape index (κ2) is 5.22. The lowest BCUT2D eigenvalue weighted by Crippen LogP contribution is -2.56. The minimum atomic E-state index is -0.221. The molecule has 2 nitrogen and oxygen atoms in total. The molecule has 2 heteroatoms. The summed E-state index contributed by atoms with van der Waals surface area (Å²) in [6, 6.07) is 0. The zero-order valence-corrected chi connectivity index (χ0v) is 16.0. The topological polar surface area (TPSA) is 18.5 Å². The summed E-state index contributed by atoms with van der Waals surface area (Å²) >= 11 is 0. The molecule has 1 heterocycles. The standard InChI is InChI=1S/C22H36O2/c1-15-6-9-20(2)16(14-15)4-5-17-18(20)7-10-21(3)19(17)8-11-22(21)23-12-13-24-22/h15-19H,4-14H2,1-3H3/t15-,16?,17+,18-,19-,20-,21-/m0/s1. The Morgan fingerprint density at radius 1 is 0.792 bits per heavy atom. The van der Waals surface area contributed by atoms with Crippen molar-refractivity contribution in [2.24, 2.45) is 40.4 Å². The van der Waals surface area contributed by atoms with E-state index in [1.165, 1.54) is 51.4 Å². The lowest BCUT2D eigenvalue weighted by Gasteiger charge is -2.61. The molecule has 0 aromatic rings. The molecular weight excluding hydrogens is 296 g/mol. The number of hydrogen-bond donors (Lipinski definition) is 0. The van der Waals surface area contributed by atoms with Gasteiger partial charge < -0.3 is 9.47 Å². The first kappa shape index (κ1) is 16.1. The molecule has 5 aliphatic rings. The average molecular weight is 333 g/mol. The molecule has 1 aliphatic heterocycles. The van der Waals surface area contributed by atoms with Crippen molar-refractivity contribution in [3.05, 3.63) is 0 Å². The van der Waals surface area contributed by atoms with Crippen LogP contribution in [-0.4, -0.2) is 19.0 Å². The van der Waals surface area contributed by atoms with Gasteiger partial charge in [-0.3, -0.25) is 0 Å². The highest BCUT2D eigenvalue weighted by Gasteiger charge is 2.67. The number of ether oxygens (including phenoxy) is 2. The van der Waals surface area contributed by atoms with Crippen molar-refractivity contribution in [1.82, 2.24) is 0 Å². The maximum absolute atomic E-state index is 6.28. The van der Waals surface area contributed by atoms with Crippen molar-refractivity contribution >= 4 is 0 Å². The van der Waals surface area contributed by atoms with E-state index in [2.05, 4.69) is 20.8 Å². The van der Waals surface area contributed by atoms with Gasteiger partial charge in [-0.05, 0) is 80.0 Å². The minimum absolute atomic E-state index is 0.221. The fraction of sp³-hybridized carbons (Fsp3) is 1.00. The lowest BCUT2D eigenvalue weighted by molar-refractivity contribution is -0.247. The van der Waals surface area contributed by atoms with Gasteiger partial charge in [0.1, 0.15) is 0 Å². The summed E-state index contributed by atoms with van der Waals surface area (Å²) in [5.74, 6) is 4.49. The highest BCUT2D eigenvalue weighted by Crippen LogP contribution is 2.69. The molecule has 136 valence electrons. The molecule has 7 atom stereocenters. The van der Waals surface area contributed by atoms with Gasteiger partial charge in [0.05, 0.1) is 13.2 Å². The normalized spacial score (nSPS) is 55.9. The smallest absolute Gasteiger partial charge is 0.174 e. The van der Waals surface area contributed by atoms with E-state index in [0.717, 1.165) is 49.2 Å². The lowest BCUT2D eigenvalue weighted by atomic mass is 9.44.